The van der Waals surface area contributed by atoms with Crippen molar-refractivity contribution in [3.8, 4) is 0 Å². The zero-order valence-corrected chi connectivity index (χ0v) is 16.8. The molecule has 0 spiro atoms. The van der Waals surface area contributed by atoms with Crippen molar-refractivity contribution >= 4 is 5.96 Å². The van der Waals surface area contributed by atoms with Crippen LogP contribution in [0, 0.1) is 5.41 Å². The number of likely N-dealkylation sites (N-methyl/N-ethyl adjacent to an activating group) is 1. The van der Waals surface area contributed by atoms with E-state index in [2.05, 4.69) is 39.3 Å². The lowest BCUT2D eigenvalue weighted by molar-refractivity contribution is 0.0731. The van der Waals surface area contributed by atoms with Crippen molar-refractivity contribution < 1.29 is 4.74 Å². The fourth-order valence-corrected chi connectivity index (χ4v) is 3.90. The smallest absolute Gasteiger partial charge is 0.191 e. The maximum Gasteiger partial charge on any atom is 0.191 e. The highest BCUT2D eigenvalue weighted by molar-refractivity contribution is 5.79. The zero-order valence-electron chi connectivity index (χ0n) is 16.8. The van der Waals surface area contributed by atoms with Crippen molar-refractivity contribution in [1.82, 2.24) is 20.4 Å². The van der Waals surface area contributed by atoms with Crippen molar-refractivity contribution in [2.75, 3.05) is 66.6 Å². The van der Waals surface area contributed by atoms with Gasteiger partial charge in [-0.05, 0) is 38.1 Å². The molecule has 0 amide bonds. The molecule has 2 N–H and O–H groups in total. The quantitative estimate of drug-likeness (QED) is 0.485. The summed E-state index contributed by atoms with van der Waals surface area (Å²) in [7, 11) is 3.66. The summed E-state index contributed by atoms with van der Waals surface area (Å²) < 4.78 is 5.29. The van der Waals surface area contributed by atoms with Crippen LogP contribution in [0.5, 0.6) is 0 Å². The highest BCUT2D eigenvalue weighted by atomic mass is 16.5. The van der Waals surface area contributed by atoms with Gasteiger partial charge >= 0.3 is 0 Å². The lowest BCUT2D eigenvalue weighted by Crippen LogP contribution is -2.53. The Morgan fingerprint density at radius 2 is 1.92 bits per heavy atom. The summed E-state index contributed by atoms with van der Waals surface area (Å²) >= 11 is 0. The third-order valence-electron chi connectivity index (χ3n) is 6.15. The highest BCUT2D eigenvalue weighted by Crippen LogP contribution is 2.43. The summed E-state index contributed by atoms with van der Waals surface area (Å²) in [6, 6.07) is 0.531. The molecular weight excluding hydrogens is 314 g/mol. The van der Waals surface area contributed by atoms with E-state index in [0.717, 1.165) is 32.1 Å². The molecule has 1 atom stereocenters. The van der Waals surface area contributed by atoms with Gasteiger partial charge in [0, 0.05) is 66.1 Å². The molecule has 1 saturated heterocycles. The SMILES string of the molecule is CCN1CCN(C(C)CNC(=NC)NCC2(CCOC)CCC2)CC1. The van der Waals surface area contributed by atoms with Crippen molar-refractivity contribution in [1.29, 1.82) is 0 Å². The third kappa shape index (κ3) is 6.12. The topological polar surface area (TPSA) is 52.1 Å². The second-order valence-corrected chi connectivity index (χ2v) is 7.72. The second-order valence-electron chi connectivity index (χ2n) is 7.72. The van der Waals surface area contributed by atoms with E-state index >= 15 is 0 Å². The number of ether oxygens (including phenoxy) is 1. The minimum Gasteiger partial charge on any atom is -0.385 e. The van der Waals surface area contributed by atoms with E-state index in [9.17, 15) is 0 Å². The van der Waals surface area contributed by atoms with Gasteiger partial charge in [0.1, 0.15) is 0 Å². The number of aliphatic imine (C=N–C) groups is 1. The van der Waals surface area contributed by atoms with Gasteiger partial charge in [0.25, 0.3) is 0 Å². The van der Waals surface area contributed by atoms with Crippen LogP contribution in [-0.4, -0.2) is 88.4 Å². The number of nitrogens with zero attached hydrogens (tertiary/aromatic N) is 3. The maximum atomic E-state index is 5.29. The summed E-state index contributed by atoms with van der Waals surface area (Å²) in [5, 5.41) is 7.07. The van der Waals surface area contributed by atoms with Crippen molar-refractivity contribution in [2.24, 2.45) is 10.4 Å². The Morgan fingerprint density at radius 1 is 1.20 bits per heavy atom. The molecule has 0 aromatic heterocycles. The third-order valence-corrected chi connectivity index (χ3v) is 6.15. The van der Waals surface area contributed by atoms with Crippen molar-refractivity contribution in [3.05, 3.63) is 0 Å². The van der Waals surface area contributed by atoms with Crippen molar-refractivity contribution in [3.63, 3.8) is 0 Å². The van der Waals surface area contributed by atoms with Gasteiger partial charge in [0.05, 0.1) is 0 Å². The lowest BCUT2D eigenvalue weighted by Gasteiger charge is -2.42. The molecule has 2 rings (SSSR count). The molecule has 6 nitrogen and oxygen atoms in total. The molecule has 25 heavy (non-hydrogen) atoms. The highest BCUT2D eigenvalue weighted by Gasteiger charge is 2.36. The Hall–Kier alpha value is -0.850. The van der Waals surface area contributed by atoms with Gasteiger partial charge in [-0.15, -0.1) is 0 Å². The number of piperazine rings is 1. The molecule has 2 fully saturated rings. The van der Waals surface area contributed by atoms with E-state index in [1.54, 1.807) is 7.11 Å². The van der Waals surface area contributed by atoms with Crippen LogP contribution in [0.3, 0.4) is 0 Å². The standard InChI is InChI=1S/C19H39N5O/c1-5-23-10-12-24(13-11-23)17(2)15-21-18(20-3)22-16-19(7-6-8-19)9-14-25-4/h17H,5-16H2,1-4H3,(H2,20,21,22). The van der Waals surface area contributed by atoms with Gasteiger partial charge in [0.2, 0.25) is 0 Å². The predicted molar refractivity (Wildman–Crippen MR) is 105 cm³/mol. The molecule has 0 bridgehead atoms. The molecule has 2 aliphatic rings. The van der Waals surface area contributed by atoms with Gasteiger partial charge in [0.15, 0.2) is 5.96 Å². The largest absolute Gasteiger partial charge is 0.385 e. The van der Waals surface area contributed by atoms with Crippen LogP contribution in [0.4, 0.5) is 0 Å². The average molecular weight is 354 g/mol. The number of hydrogen-bond donors (Lipinski definition) is 2. The molecule has 0 aromatic carbocycles. The van der Waals surface area contributed by atoms with Gasteiger partial charge in [-0.3, -0.25) is 9.89 Å². The molecule has 1 aliphatic carbocycles. The summed E-state index contributed by atoms with van der Waals surface area (Å²) in [6.45, 7) is 13.2. The molecule has 0 aromatic rings. The Balaban J connectivity index is 1.69. The summed E-state index contributed by atoms with van der Waals surface area (Å²) in [5.41, 5.74) is 0.412. The summed E-state index contributed by atoms with van der Waals surface area (Å²) in [4.78, 5) is 9.51. The normalized spacial score (nSPS) is 23.1. The molecule has 6 heteroatoms. The first-order valence-corrected chi connectivity index (χ1v) is 10.0. The van der Waals surface area contributed by atoms with Crippen LogP contribution >= 0.6 is 0 Å². The first kappa shape index (κ1) is 20.5. The number of guanidine groups is 1. The Kier molecular flexibility index (Phi) is 8.46. The molecule has 1 aliphatic heterocycles. The fourth-order valence-electron chi connectivity index (χ4n) is 3.90. The molecule has 1 unspecified atom stereocenters. The Labute approximate surface area is 154 Å². The van der Waals surface area contributed by atoms with E-state index in [0.29, 0.717) is 11.5 Å². The number of methoxy groups -OCH3 is 1. The molecule has 0 radical (unpaired) electrons. The van der Waals surface area contributed by atoms with Gasteiger partial charge in [-0.2, -0.15) is 0 Å². The summed E-state index contributed by atoms with van der Waals surface area (Å²) in [5.74, 6) is 0.933. The number of hydrogen-bond acceptors (Lipinski definition) is 4. The van der Waals surface area contributed by atoms with Gasteiger partial charge in [-0.25, -0.2) is 0 Å². The number of nitrogens with one attached hydrogen (secondary N) is 2. The van der Waals surface area contributed by atoms with Crippen LogP contribution in [0.25, 0.3) is 0 Å². The number of rotatable bonds is 9. The minimum absolute atomic E-state index is 0.412. The second kappa shape index (κ2) is 10.3. The van der Waals surface area contributed by atoms with E-state index in [4.69, 9.17) is 4.74 Å². The monoisotopic (exact) mass is 353 g/mol. The van der Waals surface area contributed by atoms with E-state index in [-0.39, 0.29) is 0 Å². The van der Waals surface area contributed by atoms with Crippen LogP contribution in [-0.2, 0) is 4.74 Å². The molecular formula is C19H39N5O. The van der Waals surface area contributed by atoms with E-state index in [1.807, 2.05) is 7.05 Å². The first-order chi connectivity index (χ1) is 12.1. The molecule has 1 saturated carbocycles. The first-order valence-electron chi connectivity index (χ1n) is 10.0. The van der Waals surface area contributed by atoms with Gasteiger partial charge < -0.3 is 20.3 Å². The Bertz CT molecular complexity index is 403. The predicted octanol–water partition coefficient (Wildman–Crippen LogP) is 1.38. The molecule has 1 heterocycles. The Morgan fingerprint density at radius 3 is 2.44 bits per heavy atom. The summed E-state index contributed by atoms with van der Waals surface area (Å²) in [6.07, 6.45) is 5.10. The van der Waals surface area contributed by atoms with E-state index < -0.39 is 0 Å². The fraction of sp³-hybridized carbons (Fsp3) is 0.947. The zero-order chi connectivity index (χ0) is 18.1. The van der Waals surface area contributed by atoms with E-state index in [1.165, 1.54) is 52.0 Å². The van der Waals surface area contributed by atoms with Crippen LogP contribution in [0.15, 0.2) is 4.99 Å². The van der Waals surface area contributed by atoms with Crippen molar-refractivity contribution in [2.45, 2.75) is 45.6 Å². The minimum atomic E-state index is 0.412. The van der Waals surface area contributed by atoms with Crippen LogP contribution in [0.1, 0.15) is 39.5 Å². The average Bonchev–Trinajstić information content (AvgIpc) is 2.62. The van der Waals surface area contributed by atoms with Gasteiger partial charge in [-0.1, -0.05) is 13.3 Å². The lowest BCUT2D eigenvalue weighted by atomic mass is 9.67. The maximum absolute atomic E-state index is 5.29. The van der Waals surface area contributed by atoms with Crippen LogP contribution < -0.4 is 10.6 Å². The molecule has 146 valence electrons. The van der Waals surface area contributed by atoms with Crippen LogP contribution in [0.2, 0.25) is 0 Å².